The molecule has 164 valence electrons. The van der Waals surface area contributed by atoms with Gasteiger partial charge in [-0.25, -0.2) is 4.68 Å². The maximum absolute atomic E-state index is 4.53. The van der Waals surface area contributed by atoms with Crippen molar-refractivity contribution in [3.05, 3.63) is 71.3 Å². The second kappa shape index (κ2) is 9.24. The van der Waals surface area contributed by atoms with E-state index in [1.165, 1.54) is 16.7 Å². The van der Waals surface area contributed by atoms with E-state index in [9.17, 15) is 0 Å². The summed E-state index contributed by atoms with van der Waals surface area (Å²) in [4.78, 5) is 9.17. The van der Waals surface area contributed by atoms with Gasteiger partial charge in [0, 0.05) is 45.1 Å². The summed E-state index contributed by atoms with van der Waals surface area (Å²) < 4.78 is 2.03. The summed E-state index contributed by atoms with van der Waals surface area (Å²) in [6, 6.07) is 13.1. The van der Waals surface area contributed by atoms with Crippen LogP contribution in [0.25, 0.3) is 0 Å². The highest BCUT2D eigenvalue weighted by molar-refractivity contribution is 5.28. The molecular formula is C24H33N7. The van der Waals surface area contributed by atoms with Crippen molar-refractivity contribution in [2.24, 2.45) is 0 Å². The third kappa shape index (κ3) is 4.83. The van der Waals surface area contributed by atoms with E-state index in [1.807, 2.05) is 17.1 Å². The lowest BCUT2D eigenvalue weighted by molar-refractivity contribution is 0.0972. The van der Waals surface area contributed by atoms with Crippen molar-refractivity contribution in [2.75, 3.05) is 26.2 Å². The first-order chi connectivity index (χ1) is 15.0. The molecular weight excluding hydrogens is 386 g/mol. The van der Waals surface area contributed by atoms with Gasteiger partial charge >= 0.3 is 0 Å². The number of tetrazole rings is 1. The normalized spacial score (nSPS) is 17.0. The van der Waals surface area contributed by atoms with Crippen molar-refractivity contribution >= 4 is 0 Å². The highest BCUT2D eigenvalue weighted by Crippen LogP contribution is 2.31. The monoisotopic (exact) mass is 419 g/mol. The third-order valence-corrected chi connectivity index (χ3v) is 6.50. The van der Waals surface area contributed by atoms with Crippen LogP contribution in [-0.4, -0.2) is 61.2 Å². The van der Waals surface area contributed by atoms with Gasteiger partial charge in [0.1, 0.15) is 0 Å². The molecule has 31 heavy (non-hydrogen) atoms. The van der Waals surface area contributed by atoms with Crippen molar-refractivity contribution in [3.63, 3.8) is 0 Å². The standard InChI is InChI=1S/C24H33N7/c1-5-24(3,4)31-23(26-27-28-31)22(21-8-6-19(2)7-9-21)30-16-14-29(15-17-30)18-20-10-12-25-13-11-20/h6-13,22H,5,14-18H2,1-4H3. The van der Waals surface area contributed by atoms with Gasteiger partial charge in [0.25, 0.3) is 0 Å². The lowest BCUT2D eigenvalue weighted by Crippen LogP contribution is -2.48. The summed E-state index contributed by atoms with van der Waals surface area (Å²) in [6.07, 6.45) is 4.70. The Morgan fingerprint density at radius 1 is 0.968 bits per heavy atom. The van der Waals surface area contributed by atoms with Crippen LogP contribution < -0.4 is 0 Å². The Hall–Kier alpha value is -2.64. The van der Waals surface area contributed by atoms with Crippen LogP contribution in [0.2, 0.25) is 0 Å². The molecule has 0 aliphatic carbocycles. The van der Waals surface area contributed by atoms with Crippen LogP contribution in [0.3, 0.4) is 0 Å². The zero-order valence-corrected chi connectivity index (χ0v) is 19.1. The summed E-state index contributed by atoms with van der Waals surface area (Å²) in [7, 11) is 0. The Balaban J connectivity index is 1.58. The van der Waals surface area contributed by atoms with Gasteiger partial charge in [-0.2, -0.15) is 0 Å². The van der Waals surface area contributed by atoms with Crippen LogP contribution in [0, 0.1) is 6.92 Å². The number of aryl methyl sites for hydroxylation is 1. The van der Waals surface area contributed by atoms with E-state index >= 15 is 0 Å². The van der Waals surface area contributed by atoms with Crippen molar-refractivity contribution in [2.45, 2.75) is 52.2 Å². The molecule has 1 aromatic carbocycles. The molecule has 1 atom stereocenters. The van der Waals surface area contributed by atoms with Crippen LogP contribution >= 0.6 is 0 Å². The first kappa shape index (κ1) is 21.6. The molecule has 0 amide bonds. The summed E-state index contributed by atoms with van der Waals surface area (Å²) in [5.41, 5.74) is 3.69. The summed E-state index contributed by atoms with van der Waals surface area (Å²) in [6.45, 7) is 13.7. The molecule has 1 aliphatic heterocycles. The minimum atomic E-state index is -0.134. The van der Waals surface area contributed by atoms with Crippen molar-refractivity contribution in [1.82, 2.24) is 35.0 Å². The fourth-order valence-corrected chi connectivity index (χ4v) is 4.14. The molecule has 3 aromatic rings. The second-order valence-corrected chi connectivity index (χ2v) is 9.10. The van der Waals surface area contributed by atoms with E-state index in [0.29, 0.717) is 0 Å². The molecule has 3 heterocycles. The molecule has 4 rings (SSSR count). The molecule has 7 nitrogen and oxygen atoms in total. The fraction of sp³-hybridized carbons (Fsp3) is 0.500. The first-order valence-corrected chi connectivity index (χ1v) is 11.2. The smallest absolute Gasteiger partial charge is 0.173 e. The van der Waals surface area contributed by atoms with Crippen LogP contribution in [-0.2, 0) is 12.1 Å². The maximum Gasteiger partial charge on any atom is 0.173 e. The molecule has 1 fully saturated rings. The topological polar surface area (TPSA) is 63.0 Å². The Morgan fingerprint density at radius 3 is 2.29 bits per heavy atom. The van der Waals surface area contributed by atoms with Gasteiger partial charge in [-0.05, 0) is 60.9 Å². The molecule has 0 spiro atoms. The maximum atomic E-state index is 4.53. The number of hydrogen-bond donors (Lipinski definition) is 0. The summed E-state index contributed by atoms with van der Waals surface area (Å²) in [5, 5.41) is 13.0. The average Bonchev–Trinajstić information content (AvgIpc) is 3.28. The van der Waals surface area contributed by atoms with Gasteiger partial charge in [-0.15, -0.1) is 5.10 Å². The van der Waals surface area contributed by atoms with E-state index in [0.717, 1.165) is 45.0 Å². The predicted octanol–water partition coefficient (Wildman–Crippen LogP) is 3.43. The van der Waals surface area contributed by atoms with E-state index in [4.69, 9.17) is 0 Å². The Morgan fingerprint density at radius 2 is 1.65 bits per heavy atom. The molecule has 0 bridgehead atoms. The zero-order valence-electron chi connectivity index (χ0n) is 19.1. The Labute approximate surface area is 185 Å². The van der Waals surface area contributed by atoms with Crippen molar-refractivity contribution in [3.8, 4) is 0 Å². The Kier molecular flexibility index (Phi) is 6.43. The van der Waals surface area contributed by atoms with Gasteiger partial charge < -0.3 is 0 Å². The fourth-order valence-electron chi connectivity index (χ4n) is 4.14. The number of aromatic nitrogens is 5. The Bertz CT molecular complexity index is 957. The van der Waals surface area contributed by atoms with Gasteiger partial charge in [-0.3, -0.25) is 14.8 Å². The van der Waals surface area contributed by atoms with Gasteiger partial charge in [-0.1, -0.05) is 36.8 Å². The number of hydrogen-bond acceptors (Lipinski definition) is 6. The van der Waals surface area contributed by atoms with Crippen LogP contribution in [0.5, 0.6) is 0 Å². The molecule has 7 heteroatoms. The molecule has 1 unspecified atom stereocenters. The molecule has 0 radical (unpaired) electrons. The zero-order chi connectivity index (χ0) is 21.8. The number of pyridine rings is 1. The van der Waals surface area contributed by atoms with Crippen molar-refractivity contribution < 1.29 is 0 Å². The van der Waals surface area contributed by atoms with Gasteiger partial charge in [0.05, 0.1) is 11.6 Å². The van der Waals surface area contributed by atoms with E-state index in [1.54, 1.807) is 0 Å². The molecule has 2 aromatic heterocycles. The lowest BCUT2D eigenvalue weighted by atomic mass is 9.98. The van der Waals surface area contributed by atoms with E-state index in [2.05, 4.69) is 94.4 Å². The van der Waals surface area contributed by atoms with Crippen LogP contribution in [0.1, 0.15) is 55.7 Å². The number of nitrogens with zero attached hydrogens (tertiary/aromatic N) is 7. The minimum absolute atomic E-state index is 0.0458. The molecule has 1 aliphatic rings. The highest BCUT2D eigenvalue weighted by atomic mass is 15.6. The molecule has 1 saturated heterocycles. The van der Waals surface area contributed by atoms with Crippen LogP contribution in [0.15, 0.2) is 48.8 Å². The van der Waals surface area contributed by atoms with Crippen molar-refractivity contribution in [1.29, 1.82) is 0 Å². The highest BCUT2D eigenvalue weighted by Gasteiger charge is 2.34. The van der Waals surface area contributed by atoms with E-state index in [-0.39, 0.29) is 11.6 Å². The van der Waals surface area contributed by atoms with Gasteiger partial charge in [0.2, 0.25) is 0 Å². The lowest BCUT2D eigenvalue weighted by Gasteiger charge is -2.39. The summed E-state index contributed by atoms with van der Waals surface area (Å²) >= 11 is 0. The summed E-state index contributed by atoms with van der Waals surface area (Å²) in [5.74, 6) is 0.929. The minimum Gasteiger partial charge on any atom is -0.297 e. The largest absolute Gasteiger partial charge is 0.297 e. The third-order valence-electron chi connectivity index (χ3n) is 6.50. The average molecular weight is 420 g/mol. The number of benzene rings is 1. The SMILES string of the molecule is CCC(C)(C)n1nnnc1C(c1ccc(C)cc1)N1CCN(Cc2ccncc2)CC1. The van der Waals surface area contributed by atoms with Crippen LogP contribution in [0.4, 0.5) is 0 Å². The van der Waals surface area contributed by atoms with Gasteiger partial charge in [0.15, 0.2) is 5.82 Å². The predicted molar refractivity (Wildman–Crippen MR) is 122 cm³/mol. The first-order valence-electron chi connectivity index (χ1n) is 11.2. The molecule has 0 N–H and O–H groups in total. The quantitative estimate of drug-likeness (QED) is 0.585. The van der Waals surface area contributed by atoms with E-state index < -0.39 is 0 Å². The molecule has 0 saturated carbocycles. The second-order valence-electron chi connectivity index (χ2n) is 9.10. The number of piperazine rings is 1. The number of rotatable bonds is 7.